The first-order valence-electron chi connectivity index (χ1n) is 5.45. The largest absolute Gasteiger partial charge is 0.430 e. The van der Waals surface area contributed by atoms with Crippen molar-refractivity contribution in [2.75, 3.05) is 11.5 Å². The zero-order valence-corrected chi connectivity index (χ0v) is 11.2. The Balaban J connectivity index is 2.17. The summed E-state index contributed by atoms with van der Waals surface area (Å²) < 4.78 is 27.8. The van der Waals surface area contributed by atoms with Crippen molar-refractivity contribution in [2.24, 2.45) is 0 Å². The van der Waals surface area contributed by atoms with Crippen molar-refractivity contribution in [2.45, 2.75) is 25.7 Å². The average molecular weight is 276 g/mol. The molecule has 0 aromatic heterocycles. The van der Waals surface area contributed by atoms with E-state index in [-0.39, 0.29) is 0 Å². The Kier molecular flexibility index (Phi) is 5.84. The van der Waals surface area contributed by atoms with Crippen LogP contribution >= 0.6 is 0 Å². The number of benzene rings is 1. The van der Waals surface area contributed by atoms with E-state index < -0.39 is 9.05 Å². The fraction of sp³-hybridized carbons (Fsp3) is 0.455. The molecule has 6 heteroatoms. The third-order valence-corrected chi connectivity index (χ3v) is 4.51. The van der Waals surface area contributed by atoms with Gasteiger partial charge in [-0.2, -0.15) is 4.21 Å². The number of hydrogen-bond donors (Lipinski definition) is 3. The normalized spacial score (nSPS) is 11.4. The summed E-state index contributed by atoms with van der Waals surface area (Å²) in [7, 11) is -2.91. The fourth-order valence-corrected chi connectivity index (χ4v) is 3.00. The number of nitrogens with two attached hydrogens (primary N) is 1. The number of nitrogen functional groups attached to an aromatic ring is 1. The standard InChI is InChI=1S/C11H17NO3S2/c12-11-7-5-10(6-8-11)4-2-1-3-9-16-17(13,14)15/h5-8H,1-4,9,12H2,(H-,13,14,15)/p+1. The monoisotopic (exact) mass is 276 g/mol. The summed E-state index contributed by atoms with van der Waals surface area (Å²) in [4.78, 5) is 0. The predicted octanol–water partition coefficient (Wildman–Crippen LogP) is 2.21. The lowest BCUT2D eigenvalue weighted by atomic mass is 10.1. The second-order valence-corrected chi connectivity index (χ2v) is 7.37. The number of unbranched alkanes of at least 4 members (excludes halogenated alkanes) is 2. The van der Waals surface area contributed by atoms with Crippen LogP contribution in [-0.4, -0.2) is 19.1 Å². The van der Waals surface area contributed by atoms with Crippen molar-refractivity contribution in [3.8, 4) is 0 Å². The maximum atomic E-state index is 10.5. The van der Waals surface area contributed by atoms with E-state index in [4.69, 9.17) is 14.8 Å². The van der Waals surface area contributed by atoms with Gasteiger partial charge in [0.05, 0.1) is 0 Å². The summed E-state index contributed by atoms with van der Waals surface area (Å²) >= 11 is 0. The minimum absolute atomic E-state index is 0.508. The van der Waals surface area contributed by atoms with E-state index >= 15 is 0 Å². The molecule has 0 aliphatic rings. The number of rotatable bonds is 6. The molecule has 1 aromatic carbocycles. The second kappa shape index (κ2) is 6.90. The maximum absolute atomic E-state index is 10.5. The second-order valence-electron chi connectivity index (χ2n) is 3.82. The molecule has 1 rings (SSSR count). The maximum Gasteiger partial charge on any atom is 0.430 e. The van der Waals surface area contributed by atoms with Crippen LogP contribution in [0.4, 0.5) is 5.69 Å². The van der Waals surface area contributed by atoms with Crippen LogP contribution in [0, 0.1) is 0 Å². The molecule has 0 bridgehead atoms. The van der Waals surface area contributed by atoms with Gasteiger partial charge in [-0.1, -0.05) is 12.1 Å². The first-order valence-corrected chi connectivity index (χ1v) is 8.43. The lowest BCUT2D eigenvalue weighted by Crippen LogP contribution is -1.98. The van der Waals surface area contributed by atoms with Gasteiger partial charge in [0.15, 0.2) is 5.75 Å². The van der Waals surface area contributed by atoms with Crippen LogP contribution in [0.2, 0.25) is 0 Å². The quantitative estimate of drug-likeness (QED) is 0.422. The first kappa shape index (κ1) is 14.4. The third-order valence-electron chi connectivity index (χ3n) is 2.33. The van der Waals surface area contributed by atoms with Crippen LogP contribution in [-0.2, 0) is 25.8 Å². The average Bonchev–Trinajstić information content (AvgIpc) is 2.24. The highest BCUT2D eigenvalue weighted by Gasteiger charge is 2.08. The molecule has 0 saturated carbocycles. The van der Waals surface area contributed by atoms with Crippen molar-refractivity contribution in [1.29, 1.82) is 0 Å². The van der Waals surface area contributed by atoms with E-state index in [1.807, 2.05) is 24.3 Å². The van der Waals surface area contributed by atoms with Gasteiger partial charge in [0.1, 0.15) is 0 Å². The molecule has 0 unspecified atom stereocenters. The van der Waals surface area contributed by atoms with E-state index in [2.05, 4.69) is 0 Å². The van der Waals surface area contributed by atoms with Crippen LogP contribution in [0.5, 0.6) is 0 Å². The Morgan fingerprint density at radius 1 is 1.12 bits per heavy atom. The highest BCUT2D eigenvalue weighted by atomic mass is 32.9. The molecule has 0 radical (unpaired) electrons. The molecular formula is C11H18NO3S2+. The Bertz CT molecular complexity index is 442. The Hall–Kier alpha value is -0.690. The van der Waals surface area contributed by atoms with Gasteiger partial charge < -0.3 is 5.73 Å². The summed E-state index contributed by atoms with van der Waals surface area (Å²) in [6, 6.07) is 7.80. The lowest BCUT2D eigenvalue weighted by molar-refractivity contribution is 0.450. The van der Waals surface area contributed by atoms with E-state index in [1.165, 1.54) is 5.56 Å². The summed E-state index contributed by atoms with van der Waals surface area (Å²) in [6.07, 6.45) is 3.83. The van der Waals surface area contributed by atoms with Gasteiger partial charge in [-0.15, -0.1) is 0 Å². The van der Waals surface area contributed by atoms with E-state index in [0.717, 1.165) is 31.4 Å². The Morgan fingerprint density at radius 3 is 2.35 bits per heavy atom. The van der Waals surface area contributed by atoms with E-state index in [1.54, 1.807) is 0 Å². The smallest absolute Gasteiger partial charge is 0.399 e. The Morgan fingerprint density at radius 2 is 1.76 bits per heavy atom. The minimum atomic E-state index is -3.62. The van der Waals surface area contributed by atoms with E-state index in [9.17, 15) is 4.21 Å². The SMILES string of the molecule is Nc1ccc(CCCCC[S+]=S(=O)(O)O)cc1. The van der Waals surface area contributed by atoms with Gasteiger partial charge in [0.2, 0.25) is 0 Å². The van der Waals surface area contributed by atoms with Crippen molar-refractivity contribution in [3.63, 3.8) is 0 Å². The third kappa shape index (κ3) is 7.27. The van der Waals surface area contributed by atoms with Gasteiger partial charge >= 0.3 is 9.05 Å². The summed E-state index contributed by atoms with van der Waals surface area (Å²) in [6.45, 7) is 0. The van der Waals surface area contributed by atoms with Gasteiger partial charge in [-0.25, -0.2) is 0 Å². The molecule has 0 fully saturated rings. The Labute approximate surface area is 106 Å². The fourth-order valence-electron chi connectivity index (χ4n) is 1.46. The van der Waals surface area contributed by atoms with Gasteiger partial charge in [-0.05, 0) is 37.0 Å². The molecule has 0 atom stereocenters. The van der Waals surface area contributed by atoms with Crippen molar-refractivity contribution < 1.29 is 13.3 Å². The molecule has 4 nitrogen and oxygen atoms in total. The van der Waals surface area contributed by atoms with Crippen molar-refractivity contribution in [1.82, 2.24) is 0 Å². The zero-order chi connectivity index (χ0) is 12.7. The first-order chi connectivity index (χ1) is 7.97. The molecule has 4 N–H and O–H groups in total. The molecule has 0 aliphatic carbocycles. The predicted molar refractivity (Wildman–Crippen MR) is 74.0 cm³/mol. The van der Waals surface area contributed by atoms with Crippen molar-refractivity contribution in [3.05, 3.63) is 29.8 Å². The molecular weight excluding hydrogens is 258 g/mol. The van der Waals surface area contributed by atoms with Crippen molar-refractivity contribution >= 4 is 25.1 Å². The van der Waals surface area contributed by atoms with E-state index in [0.29, 0.717) is 16.1 Å². The number of hydrogen-bond acceptors (Lipinski definition) is 2. The molecule has 0 saturated heterocycles. The van der Waals surface area contributed by atoms with Crippen LogP contribution in [0.25, 0.3) is 0 Å². The molecule has 96 valence electrons. The summed E-state index contributed by atoms with van der Waals surface area (Å²) in [5.41, 5.74) is 7.60. The minimum Gasteiger partial charge on any atom is -0.399 e. The molecule has 0 aliphatic heterocycles. The number of anilines is 1. The van der Waals surface area contributed by atoms with Crippen LogP contribution < -0.4 is 5.73 Å². The van der Waals surface area contributed by atoms with Crippen LogP contribution in [0.1, 0.15) is 24.8 Å². The van der Waals surface area contributed by atoms with Gasteiger partial charge in [0.25, 0.3) is 10.3 Å². The highest BCUT2D eigenvalue weighted by molar-refractivity contribution is 8.34. The molecule has 1 aromatic rings. The molecule has 0 heterocycles. The van der Waals surface area contributed by atoms with Crippen LogP contribution in [0.15, 0.2) is 24.3 Å². The van der Waals surface area contributed by atoms with Gasteiger partial charge in [0, 0.05) is 12.1 Å². The zero-order valence-electron chi connectivity index (χ0n) is 9.54. The van der Waals surface area contributed by atoms with Crippen LogP contribution in [0.3, 0.4) is 0 Å². The van der Waals surface area contributed by atoms with Gasteiger partial charge in [-0.3, -0.25) is 9.11 Å². The topological polar surface area (TPSA) is 83.6 Å². The summed E-state index contributed by atoms with van der Waals surface area (Å²) in [5.74, 6) is 0.508. The summed E-state index contributed by atoms with van der Waals surface area (Å²) in [5, 5.41) is 0. The lowest BCUT2D eigenvalue weighted by Gasteiger charge is -2.00. The highest BCUT2D eigenvalue weighted by Crippen LogP contribution is 2.09. The molecule has 17 heavy (non-hydrogen) atoms. The molecule has 0 amide bonds. The molecule has 0 spiro atoms. The number of aryl methyl sites for hydroxylation is 1.